The zero-order chi connectivity index (χ0) is 83.8. The monoisotopic (exact) mass is 1660 g/mol. The van der Waals surface area contributed by atoms with Crippen LogP contribution >= 0.6 is 23.5 Å². The lowest BCUT2D eigenvalue weighted by Gasteiger charge is -2.46. The van der Waals surface area contributed by atoms with Crippen LogP contribution in [0.4, 0.5) is 0 Å². The van der Waals surface area contributed by atoms with E-state index in [1.54, 1.807) is 60.7 Å². The van der Waals surface area contributed by atoms with Crippen molar-refractivity contribution in [2.45, 2.75) is 125 Å². The van der Waals surface area contributed by atoms with Crippen LogP contribution in [0.3, 0.4) is 0 Å². The SMILES string of the molecule is CC(=O)N[C@H]1[C@H]([C@H](O)[C@H](O)CNC(=O)c2ccc(-c3ccc(O)cc3)cc2)O[C@](C=O)(OCCCSCCNC(=O)c2ccc(C(=O)CCCSCCCO[C@]3(C(=O)O)C[C@H](O)[C@@H](NC(C)=O)[C@H]([C@H](O)[C@H](O)CNC(=O)c4ccc(-c5ccc(O)cc5)cc4)O3)c(OCCOCCOCCOCCOCCOCCN=[N+]=[N-])c2)C[C@@H]1O. The van der Waals surface area contributed by atoms with E-state index in [9.17, 15) is 84.3 Å². The van der Waals surface area contributed by atoms with Crippen LogP contribution in [0.5, 0.6) is 17.2 Å². The highest BCUT2D eigenvalue weighted by Crippen LogP contribution is 2.36. The van der Waals surface area contributed by atoms with Crippen molar-refractivity contribution in [1.82, 2.24) is 26.6 Å². The number of benzene rings is 5. The average Bonchev–Trinajstić information content (AvgIpc) is 0.774. The van der Waals surface area contributed by atoms with Crippen LogP contribution in [0.25, 0.3) is 32.7 Å². The molecule has 0 aliphatic carbocycles. The molecule has 0 radical (unpaired) electrons. The van der Waals surface area contributed by atoms with Gasteiger partial charge in [-0.15, -0.1) is 0 Å². The number of aromatic hydroxyl groups is 2. The Labute approximate surface area is 678 Å². The number of carbonyl (C=O) groups excluding carboxylic acids is 7. The second-order valence-electron chi connectivity index (χ2n) is 26.9. The van der Waals surface area contributed by atoms with Gasteiger partial charge in [0.25, 0.3) is 23.5 Å². The van der Waals surface area contributed by atoms with Gasteiger partial charge in [-0.3, -0.25) is 33.6 Å². The zero-order valence-corrected chi connectivity index (χ0v) is 66.1. The molecule has 2 fully saturated rings. The molecule has 2 saturated heterocycles. The van der Waals surface area contributed by atoms with Gasteiger partial charge in [-0.05, 0) is 131 Å². The number of aliphatic carboxylic acids is 1. The molecule has 7 rings (SSSR count). The first-order valence-electron chi connectivity index (χ1n) is 37.8. The largest absolute Gasteiger partial charge is 0.508 e. The number of rotatable bonds is 54. The number of hydrogen-bond donors (Lipinski definition) is 14. The number of hydrogen-bond acceptors (Lipinski definition) is 29. The van der Waals surface area contributed by atoms with Gasteiger partial charge in [0.15, 0.2) is 12.1 Å². The molecule has 0 spiro atoms. The van der Waals surface area contributed by atoms with Gasteiger partial charge in [-0.2, -0.15) is 23.5 Å². The Morgan fingerprint density at radius 3 is 1.44 bits per heavy atom. The molecule has 12 atom stereocenters. The van der Waals surface area contributed by atoms with Crippen molar-refractivity contribution in [3.05, 3.63) is 148 Å². The van der Waals surface area contributed by atoms with E-state index in [1.165, 1.54) is 85.0 Å². The molecule has 35 nitrogen and oxygen atoms in total. The van der Waals surface area contributed by atoms with Crippen LogP contribution in [0.15, 0.2) is 120 Å². The van der Waals surface area contributed by atoms with Gasteiger partial charge < -0.3 is 120 Å². The number of phenolic OH excluding ortho intramolecular Hbond substituents is 2. The molecule has 2 aliphatic rings. The summed E-state index contributed by atoms with van der Waals surface area (Å²) in [7, 11) is 0. The number of amides is 5. The number of nitrogens with zero attached hydrogens (tertiary/aromatic N) is 3. The summed E-state index contributed by atoms with van der Waals surface area (Å²) < 4.78 is 57.3. The fraction of sp³-hybridized carbons (Fsp3) is 0.519. The molecule has 14 N–H and O–H groups in total. The molecular formula is C79H104N8O27S2. The molecule has 5 aromatic rings. The minimum atomic E-state index is -2.54. The minimum absolute atomic E-state index is 0.00763. The minimum Gasteiger partial charge on any atom is -0.508 e. The van der Waals surface area contributed by atoms with Crippen molar-refractivity contribution in [3.8, 4) is 39.5 Å². The first kappa shape index (κ1) is 94.2. The van der Waals surface area contributed by atoms with E-state index in [0.717, 1.165) is 29.2 Å². The van der Waals surface area contributed by atoms with Gasteiger partial charge in [-0.25, -0.2) is 4.79 Å². The van der Waals surface area contributed by atoms with Gasteiger partial charge in [0.05, 0.1) is 121 Å². The highest BCUT2D eigenvalue weighted by molar-refractivity contribution is 7.99. The number of carboxylic acid groups (broad SMARTS) is 1. The predicted molar refractivity (Wildman–Crippen MR) is 423 cm³/mol. The van der Waals surface area contributed by atoms with E-state index in [0.29, 0.717) is 88.4 Å². The molecule has 634 valence electrons. The van der Waals surface area contributed by atoms with Crippen LogP contribution in [0.1, 0.15) is 93.8 Å². The quantitative estimate of drug-likeness (QED) is 0.00662. The van der Waals surface area contributed by atoms with Crippen LogP contribution in [-0.4, -0.2) is 301 Å². The number of aliphatic hydroxyl groups excluding tert-OH is 6. The lowest BCUT2D eigenvalue weighted by molar-refractivity contribution is -0.310. The third kappa shape index (κ3) is 30.8. The summed E-state index contributed by atoms with van der Waals surface area (Å²) in [5, 5.41) is 114. The Bertz CT molecular complexity index is 3950. The number of aliphatic hydroxyl groups is 6. The summed E-state index contributed by atoms with van der Waals surface area (Å²) >= 11 is 2.88. The fourth-order valence-electron chi connectivity index (χ4n) is 12.2. The molecule has 37 heteroatoms. The molecule has 2 heterocycles. The molecule has 0 saturated carbocycles. The molecule has 0 aromatic heterocycles. The first-order chi connectivity index (χ1) is 55.9. The standard InChI is InChI=1S/C79H104N8O27S2/c1-50(89)85-68-63(94)45-78(49-88,113-72(68)70(98)65(96)47-82-74(100)56-11-7-52(8-12-56)54-15-20-59(91)21-16-54)111-27-4-42-116-43-26-81-76(102)58-19-24-61(67(44-58)110-39-38-109-37-36-108-35-34-107-33-32-106-31-30-105-29-25-84-87-80)62(93)6-3-40-115-41-5-28-112-79(77(103)104)46-64(95)69(86-51(2)90)73(114-79)71(99)66(97)48-83-75(101)57-13-9-53(10-14-57)55-17-22-60(92)23-18-55/h7-24,44,49,63-66,68-73,91-92,94-99H,3-6,25-43,45-48H2,1-2H3,(H,81,102)(H,82,100)(H,83,101)(H,85,89)(H,86,90)(H,103,104)/t63-,64-,65+,66+,68+,69+,70+,71+,72+,73+,78+,79+/m0/s1. The number of carboxylic acids is 1. The topological polar surface area (TPSA) is 520 Å². The Morgan fingerprint density at radius 2 is 0.966 bits per heavy atom. The molecule has 2 aliphatic heterocycles. The number of Topliss-reactive ketones (excluding diaryl/α,β-unsaturated/α-hetero) is 1. The molecule has 0 unspecified atom stereocenters. The van der Waals surface area contributed by atoms with Gasteiger partial charge in [-0.1, -0.05) is 53.6 Å². The second-order valence-corrected chi connectivity index (χ2v) is 29.4. The summed E-state index contributed by atoms with van der Waals surface area (Å²) in [6.45, 7) is 4.26. The fourth-order valence-corrected chi connectivity index (χ4v) is 13.9. The molecule has 116 heavy (non-hydrogen) atoms. The average molecular weight is 1660 g/mol. The van der Waals surface area contributed by atoms with Gasteiger partial charge >= 0.3 is 5.97 Å². The number of carbonyl (C=O) groups is 8. The molecule has 0 bridgehead atoms. The van der Waals surface area contributed by atoms with Crippen LogP contribution in [-0.2, 0) is 61.8 Å². The molecule has 5 aromatic carbocycles. The third-order valence-electron chi connectivity index (χ3n) is 18.2. The van der Waals surface area contributed by atoms with E-state index in [1.807, 2.05) is 0 Å². The van der Waals surface area contributed by atoms with E-state index < -0.39 is 134 Å². The summed E-state index contributed by atoms with van der Waals surface area (Å²) in [6.07, 6.45) is -13.6. The Kier molecular flexibility index (Phi) is 40.6. The van der Waals surface area contributed by atoms with E-state index in [2.05, 4.69) is 36.6 Å². The third-order valence-corrected chi connectivity index (χ3v) is 20.4. The van der Waals surface area contributed by atoms with Crippen molar-refractivity contribution in [2.24, 2.45) is 5.11 Å². The Hall–Kier alpha value is -8.93. The van der Waals surface area contributed by atoms with E-state index in [4.69, 9.17) is 52.9 Å². The predicted octanol–water partition coefficient (Wildman–Crippen LogP) is 3.47. The number of phenols is 2. The maximum Gasteiger partial charge on any atom is 0.364 e. The Morgan fingerprint density at radius 1 is 0.543 bits per heavy atom. The van der Waals surface area contributed by atoms with Crippen molar-refractivity contribution in [3.63, 3.8) is 0 Å². The van der Waals surface area contributed by atoms with Gasteiger partial charge in [0, 0.05) is 86.6 Å². The van der Waals surface area contributed by atoms with Gasteiger partial charge in [0.2, 0.25) is 17.6 Å². The summed E-state index contributed by atoms with van der Waals surface area (Å²) in [4.78, 5) is 107. The number of ether oxygens (including phenoxy) is 10. The number of azide groups is 1. The normalized spacial score (nSPS) is 20.2. The first-order valence-corrected chi connectivity index (χ1v) is 40.1. The second kappa shape index (κ2) is 50.0. The van der Waals surface area contributed by atoms with Crippen molar-refractivity contribution in [2.75, 3.05) is 135 Å². The lowest BCUT2D eigenvalue weighted by atomic mass is 9.88. The highest BCUT2D eigenvalue weighted by Gasteiger charge is 2.56. The summed E-state index contributed by atoms with van der Waals surface area (Å²) in [5.74, 6) is -7.44. The van der Waals surface area contributed by atoms with E-state index >= 15 is 0 Å². The van der Waals surface area contributed by atoms with Gasteiger partial charge in [0.1, 0.15) is 48.3 Å². The van der Waals surface area contributed by atoms with Crippen molar-refractivity contribution < 1.29 is 132 Å². The summed E-state index contributed by atoms with van der Waals surface area (Å²) in [6, 6.07) is 27.6. The molecule has 5 amide bonds. The lowest BCUT2D eigenvalue weighted by Crippen LogP contribution is -2.68. The maximum absolute atomic E-state index is 13.9. The van der Waals surface area contributed by atoms with Crippen molar-refractivity contribution >= 4 is 71.1 Å². The Balaban J connectivity index is 0.856. The van der Waals surface area contributed by atoms with Crippen LogP contribution < -0.4 is 31.3 Å². The van der Waals surface area contributed by atoms with E-state index in [-0.39, 0.29) is 111 Å². The number of thioether (sulfide) groups is 2. The smallest absolute Gasteiger partial charge is 0.364 e. The highest BCUT2D eigenvalue weighted by atomic mass is 32.2. The number of aldehydes is 1. The summed E-state index contributed by atoms with van der Waals surface area (Å²) in [5.41, 5.74) is 12.3. The maximum atomic E-state index is 13.9. The number of nitrogens with one attached hydrogen (secondary N) is 5. The van der Waals surface area contributed by atoms with Crippen molar-refractivity contribution in [1.29, 1.82) is 0 Å². The number of ketones is 1. The van der Waals surface area contributed by atoms with Crippen LogP contribution in [0.2, 0.25) is 0 Å². The zero-order valence-electron chi connectivity index (χ0n) is 64.4. The van der Waals surface area contributed by atoms with Crippen LogP contribution in [0, 0.1) is 0 Å². The molecular weight excluding hydrogens is 1560 g/mol.